The molecule has 1 saturated heterocycles. The van der Waals surface area contributed by atoms with Crippen LogP contribution in [0, 0.1) is 0 Å². The fourth-order valence-electron chi connectivity index (χ4n) is 5.44. The van der Waals surface area contributed by atoms with Crippen LogP contribution in [0.4, 0.5) is 10.5 Å². The summed E-state index contributed by atoms with van der Waals surface area (Å²) in [6, 6.07) is 15.3. The summed E-state index contributed by atoms with van der Waals surface area (Å²) in [6.45, 7) is 7.92. The highest BCUT2D eigenvalue weighted by molar-refractivity contribution is 7.90. The average Bonchev–Trinajstić information content (AvgIpc) is 3.72. The molecule has 4 aromatic rings. The first-order chi connectivity index (χ1) is 20.9. The number of nitrogens with zero attached hydrogens (tertiary/aromatic N) is 3. The normalized spacial score (nSPS) is 16.9. The first kappa shape index (κ1) is 29.9. The first-order valence-corrected chi connectivity index (χ1v) is 15.9. The zero-order valence-corrected chi connectivity index (χ0v) is 26.1. The Kier molecular flexibility index (Phi) is 7.51. The van der Waals surface area contributed by atoms with Crippen LogP contribution in [0.25, 0.3) is 16.8 Å². The number of urea groups is 1. The lowest BCUT2D eigenvalue weighted by Crippen LogP contribution is -2.41. The summed E-state index contributed by atoms with van der Waals surface area (Å²) in [7, 11) is -3.35. The number of ether oxygens (including phenoxy) is 1. The molecule has 0 spiro atoms. The topological polar surface area (TPSA) is 134 Å². The van der Waals surface area contributed by atoms with Crippen molar-refractivity contribution in [3.63, 3.8) is 0 Å². The van der Waals surface area contributed by atoms with Crippen LogP contribution in [-0.2, 0) is 32.2 Å². The smallest absolute Gasteiger partial charge is 0.481 e. The minimum atomic E-state index is -4.30. The highest BCUT2D eigenvalue weighted by atomic mass is 32.2. The van der Waals surface area contributed by atoms with E-state index in [4.69, 9.17) is 14.0 Å². The van der Waals surface area contributed by atoms with Gasteiger partial charge in [-0.25, -0.2) is 19.2 Å². The molecule has 13 heteroatoms. The molecule has 2 amide bonds. The zero-order valence-electron chi connectivity index (χ0n) is 25.2. The van der Waals surface area contributed by atoms with Gasteiger partial charge in [-0.1, -0.05) is 24.3 Å². The van der Waals surface area contributed by atoms with E-state index in [9.17, 15) is 13.2 Å². The molecule has 2 aromatic carbocycles. The summed E-state index contributed by atoms with van der Waals surface area (Å²) in [5, 5.41) is 6.77. The number of benzene rings is 2. The van der Waals surface area contributed by atoms with Crippen LogP contribution in [0.15, 0.2) is 72.0 Å². The molecule has 1 fully saturated rings. The fraction of sp³-hybridized carbons (Fsp3) is 0.323. The fourth-order valence-corrected chi connectivity index (χ4v) is 6.27. The van der Waals surface area contributed by atoms with Crippen molar-refractivity contribution in [3.8, 4) is 22.7 Å². The van der Waals surface area contributed by atoms with Gasteiger partial charge in [0.05, 0.1) is 29.7 Å². The third-order valence-corrected chi connectivity index (χ3v) is 9.73. The van der Waals surface area contributed by atoms with E-state index in [-0.39, 0.29) is 5.03 Å². The third-order valence-electron chi connectivity index (χ3n) is 8.50. The molecule has 3 heterocycles. The van der Waals surface area contributed by atoms with Crippen LogP contribution in [0.5, 0.6) is 5.88 Å². The van der Waals surface area contributed by atoms with E-state index >= 15 is 0 Å². The summed E-state index contributed by atoms with van der Waals surface area (Å²) in [5.74, 6) is 0.429. The van der Waals surface area contributed by atoms with Crippen LogP contribution in [-0.4, -0.2) is 54.6 Å². The number of rotatable bonds is 7. The minimum absolute atomic E-state index is 0.300. The van der Waals surface area contributed by atoms with Crippen molar-refractivity contribution < 1.29 is 27.3 Å². The molecule has 2 aliphatic rings. The summed E-state index contributed by atoms with van der Waals surface area (Å²) in [6.07, 6.45) is 5.74. The van der Waals surface area contributed by atoms with Gasteiger partial charge in [-0.3, -0.25) is 0 Å². The number of nitrogens with one attached hydrogen (secondary N) is 2. The van der Waals surface area contributed by atoms with Gasteiger partial charge in [-0.2, -0.15) is 13.5 Å². The van der Waals surface area contributed by atoms with Crippen molar-refractivity contribution in [1.82, 2.24) is 19.5 Å². The molecule has 44 heavy (non-hydrogen) atoms. The van der Waals surface area contributed by atoms with Crippen LogP contribution in [0.3, 0.4) is 0 Å². The first-order valence-electron chi connectivity index (χ1n) is 14.4. The van der Waals surface area contributed by atoms with Gasteiger partial charge in [0.15, 0.2) is 5.03 Å². The Hall–Kier alpha value is -4.20. The molecule has 6 rings (SSSR count). The summed E-state index contributed by atoms with van der Waals surface area (Å²) in [5.41, 5.74) is 4.57. The molecule has 1 aliphatic carbocycles. The van der Waals surface area contributed by atoms with Gasteiger partial charge < -0.3 is 19.4 Å². The molecule has 1 aliphatic heterocycles. The van der Waals surface area contributed by atoms with E-state index in [1.54, 1.807) is 18.3 Å². The maximum absolute atomic E-state index is 13.3. The molecular formula is C31H34BN5O6S. The number of aromatic nitrogens is 3. The number of aryl methyl sites for hydroxylation is 1. The number of pyridine rings is 1. The molecule has 228 valence electrons. The van der Waals surface area contributed by atoms with Crippen molar-refractivity contribution >= 4 is 34.3 Å². The van der Waals surface area contributed by atoms with Crippen LogP contribution < -0.4 is 20.2 Å². The van der Waals surface area contributed by atoms with E-state index in [1.807, 2.05) is 64.1 Å². The highest BCUT2D eigenvalue weighted by Crippen LogP contribution is 2.38. The van der Waals surface area contributed by atoms with Crippen molar-refractivity contribution in [2.75, 3.05) is 12.4 Å². The van der Waals surface area contributed by atoms with Gasteiger partial charge >= 0.3 is 13.1 Å². The Labute approximate surface area is 257 Å². The van der Waals surface area contributed by atoms with Crippen LogP contribution in [0.1, 0.15) is 45.2 Å². The predicted molar refractivity (Wildman–Crippen MR) is 167 cm³/mol. The Morgan fingerprint density at radius 1 is 1.02 bits per heavy atom. The molecular weight excluding hydrogens is 581 g/mol. The second kappa shape index (κ2) is 11.1. The lowest BCUT2D eigenvalue weighted by molar-refractivity contribution is 0.00578. The maximum Gasteiger partial charge on any atom is 0.494 e. The van der Waals surface area contributed by atoms with E-state index in [1.165, 1.54) is 24.1 Å². The summed E-state index contributed by atoms with van der Waals surface area (Å²) in [4.78, 5) is 17.3. The van der Waals surface area contributed by atoms with Gasteiger partial charge in [0.1, 0.15) is 0 Å². The second-order valence-corrected chi connectivity index (χ2v) is 13.5. The Morgan fingerprint density at radius 3 is 2.55 bits per heavy atom. The van der Waals surface area contributed by atoms with E-state index < -0.39 is 34.4 Å². The number of hydrogen-bond donors (Lipinski definition) is 2. The highest BCUT2D eigenvalue weighted by Gasteiger charge is 2.51. The average molecular weight is 616 g/mol. The molecule has 0 bridgehead atoms. The molecule has 0 radical (unpaired) electrons. The van der Waals surface area contributed by atoms with Gasteiger partial charge in [-0.15, -0.1) is 0 Å². The molecule has 11 nitrogen and oxygen atoms in total. The lowest BCUT2D eigenvalue weighted by Gasteiger charge is -2.32. The number of sulfonamides is 1. The monoisotopic (exact) mass is 615 g/mol. The summed E-state index contributed by atoms with van der Waals surface area (Å²) >= 11 is 0. The number of anilines is 1. The number of fused-ring (bicyclic) bond motifs is 1. The standard InChI is InChI=1S/C31H34BN5O6S/c1-30(2)31(3,4)43-32(42-30)22-9-7-10-23(19-22)37-17-15-27(35-37)44(39,40)36-29(38)34-28-24-11-6-8-20(24)12-13-25(28)21-14-16-33-26(18-21)41-5/h7,9-10,12-19H,6,8,11H2,1-5H3,(H2,34,36,38). The molecule has 2 aromatic heterocycles. The number of methoxy groups -OCH3 is 1. The Morgan fingerprint density at radius 2 is 1.80 bits per heavy atom. The van der Waals surface area contributed by atoms with Crippen molar-refractivity contribution in [1.29, 1.82) is 0 Å². The quantitative estimate of drug-likeness (QED) is 0.295. The molecule has 0 atom stereocenters. The molecule has 0 saturated carbocycles. The van der Waals surface area contributed by atoms with E-state index in [0.29, 0.717) is 17.3 Å². The van der Waals surface area contributed by atoms with Crippen molar-refractivity contribution in [2.24, 2.45) is 0 Å². The van der Waals surface area contributed by atoms with Crippen LogP contribution >= 0.6 is 0 Å². The minimum Gasteiger partial charge on any atom is -0.481 e. The number of amides is 2. The molecule has 0 unspecified atom stereocenters. The number of carbonyl (C=O) groups excluding carboxylic acids is 1. The third kappa shape index (κ3) is 5.58. The zero-order chi connectivity index (χ0) is 31.3. The van der Waals surface area contributed by atoms with Crippen LogP contribution in [0.2, 0.25) is 0 Å². The van der Waals surface area contributed by atoms with Gasteiger partial charge in [-0.05, 0) is 93.4 Å². The van der Waals surface area contributed by atoms with E-state index in [2.05, 4.69) is 20.1 Å². The molecule has 2 N–H and O–H groups in total. The maximum atomic E-state index is 13.3. The van der Waals surface area contributed by atoms with Crippen molar-refractivity contribution in [3.05, 3.63) is 78.1 Å². The Bertz CT molecular complexity index is 1840. The van der Waals surface area contributed by atoms with Gasteiger partial charge in [0, 0.05) is 24.0 Å². The van der Waals surface area contributed by atoms with Crippen molar-refractivity contribution in [2.45, 2.75) is 63.2 Å². The largest absolute Gasteiger partial charge is 0.494 e. The SMILES string of the molecule is COc1cc(-c2ccc3c(c2NC(=O)NS(=O)(=O)c2ccn(-c4cccc(B5OC(C)(C)C(C)(C)O5)c4)n2)CCC3)ccn1. The van der Waals surface area contributed by atoms with E-state index in [0.717, 1.165) is 47.0 Å². The lowest BCUT2D eigenvalue weighted by atomic mass is 9.79. The number of carbonyl (C=O) groups is 1. The van der Waals surface area contributed by atoms with Gasteiger partial charge in [0.25, 0.3) is 10.0 Å². The second-order valence-electron chi connectivity index (χ2n) is 11.9. The Balaban J connectivity index is 1.22. The summed E-state index contributed by atoms with van der Waals surface area (Å²) < 4.78 is 47.7. The number of hydrogen-bond acceptors (Lipinski definition) is 8. The van der Waals surface area contributed by atoms with Gasteiger partial charge in [0.2, 0.25) is 5.88 Å². The predicted octanol–water partition coefficient (Wildman–Crippen LogP) is 4.24.